The Balaban J connectivity index is 4.91. The van der Waals surface area contributed by atoms with Crippen molar-refractivity contribution in [3.63, 3.8) is 0 Å². The molecule has 14 heteroatoms. The molecule has 0 aromatic heterocycles. The average Bonchev–Trinajstić information content (AvgIpc) is 2.60. The monoisotopic (exact) mass is 426 g/mol. The highest BCUT2D eigenvalue weighted by Gasteiger charge is 2.29. The first-order chi connectivity index (χ1) is 12.6. The maximum Gasteiger partial charge on any atom is 0.327 e. The van der Waals surface area contributed by atoms with Crippen LogP contribution < -0.4 is 21.7 Å². The SMILES string of the molecule is NC(CC(=O)O)C(=O)NC(CS)C(=O)NC(CO)C(=O)NC(CS)C(=O)O. The fraction of sp³-hybridized carbons (Fsp3) is 0.615. The zero-order chi connectivity index (χ0) is 21.1. The summed E-state index contributed by atoms with van der Waals surface area (Å²) in [6.07, 6.45) is -0.658. The van der Waals surface area contributed by atoms with Crippen molar-refractivity contribution in [3.8, 4) is 0 Å². The summed E-state index contributed by atoms with van der Waals surface area (Å²) >= 11 is 7.65. The molecule has 27 heavy (non-hydrogen) atoms. The fourth-order valence-corrected chi connectivity index (χ4v) is 2.18. The van der Waals surface area contributed by atoms with E-state index in [0.29, 0.717) is 0 Å². The summed E-state index contributed by atoms with van der Waals surface area (Å²) in [5.41, 5.74) is 5.38. The maximum absolute atomic E-state index is 12.2. The predicted molar refractivity (Wildman–Crippen MR) is 98.4 cm³/mol. The standard InChI is InChI=1S/C13H22N4O8S2/c14-5(1-9(19)20)10(21)16-7(3-26)12(23)15-6(2-18)11(22)17-8(4-27)13(24)25/h5-8,18,26-27H,1-4,14H2,(H,15,23)(H,16,21)(H,17,22)(H,19,20)(H,24,25). The lowest BCUT2D eigenvalue weighted by Crippen LogP contribution is -2.58. The maximum atomic E-state index is 12.2. The highest BCUT2D eigenvalue weighted by molar-refractivity contribution is 7.80. The Hall–Kier alpha value is -2.03. The highest BCUT2D eigenvalue weighted by Crippen LogP contribution is 1.97. The van der Waals surface area contributed by atoms with Gasteiger partial charge in [0.1, 0.15) is 18.1 Å². The molecular weight excluding hydrogens is 404 g/mol. The van der Waals surface area contributed by atoms with E-state index in [2.05, 4.69) is 41.2 Å². The van der Waals surface area contributed by atoms with E-state index in [-0.39, 0.29) is 11.5 Å². The van der Waals surface area contributed by atoms with Crippen molar-refractivity contribution < 1.29 is 39.3 Å². The second-order valence-electron chi connectivity index (χ2n) is 5.27. The number of carboxylic acids is 2. The third-order valence-electron chi connectivity index (χ3n) is 3.16. The number of thiol groups is 2. The van der Waals surface area contributed by atoms with Gasteiger partial charge in [-0.05, 0) is 0 Å². The highest BCUT2D eigenvalue weighted by atomic mass is 32.1. The van der Waals surface area contributed by atoms with Crippen molar-refractivity contribution in [2.24, 2.45) is 5.73 Å². The van der Waals surface area contributed by atoms with Crippen molar-refractivity contribution in [1.29, 1.82) is 0 Å². The van der Waals surface area contributed by atoms with E-state index in [1.165, 1.54) is 0 Å². The zero-order valence-electron chi connectivity index (χ0n) is 14.0. The number of aliphatic hydroxyl groups excluding tert-OH is 1. The van der Waals surface area contributed by atoms with Gasteiger partial charge in [0.15, 0.2) is 0 Å². The average molecular weight is 426 g/mol. The van der Waals surface area contributed by atoms with E-state index in [1.807, 2.05) is 0 Å². The third kappa shape index (κ3) is 8.94. The summed E-state index contributed by atoms with van der Waals surface area (Å²) in [6, 6.07) is -5.50. The van der Waals surface area contributed by atoms with Crippen LogP contribution in [0.4, 0.5) is 0 Å². The van der Waals surface area contributed by atoms with Crippen molar-refractivity contribution in [2.75, 3.05) is 18.1 Å². The lowest BCUT2D eigenvalue weighted by Gasteiger charge is -2.23. The van der Waals surface area contributed by atoms with Crippen LogP contribution in [0.15, 0.2) is 0 Å². The van der Waals surface area contributed by atoms with Gasteiger partial charge in [-0.2, -0.15) is 25.3 Å². The second kappa shape index (κ2) is 12.4. The Morgan fingerprint density at radius 2 is 1.26 bits per heavy atom. The Morgan fingerprint density at radius 3 is 1.67 bits per heavy atom. The summed E-state index contributed by atoms with van der Waals surface area (Å²) < 4.78 is 0. The molecule has 0 spiro atoms. The molecule has 8 N–H and O–H groups in total. The van der Waals surface area contributed by atoms with Crippen LogP contribution in [0.25, 0.3) is 0 Å². The smallest absolute Gasteiger partial charge is 0.327 e. The lowest BCUT2D eigenvalue weighted by atomic mass is 10.2. The van der Waals surface area contributed by atoms with Crippen molar-refractivity contribution >= 4 is 54.9 Å². The molecule has 0 rings (SSSR count). The van der Waals surface area contributed by atoms with Crippen molar-refractivity contribution in [1.82, 2.24) is 16.0 Å². The minimum absolute atomic E-state index is 0.217. The van der Waals surface area contributed by atoms with Gasteiger partial charge in [0.25, 0.3) is 0 Å². The topological polar surface area (TPSA) is 208 Å². The molecule has 3 amide bonds. The summed E-state index contributed by atoms with van der Waals surface area (Å²) in [4.78, 5) is 57.4. The third-order valence-corrected chi connectivity index (χ3v) is 3.89. The first kappa shape index (κ1) is 25.0. The number of hydrogen-bond donors (Lipinski definition) is 9. The van der Waals surface area contributed by atoms with Crippen molar-refractivity contribution in [3.05, 3.63) is 0 Å². The summed E-state index contributed by atoms with van der Waals surface area (Å²) in [5.74, 6) is -5.90. The molecule has 4 atom stereocenters. The van der Waals surface area contributed by atoms with Crippen LogP contribution in [0, 0.1) is 0 Å². The number of hydrogen-bond acceptors (Lipinski definition) is 9. The van der Waals surface area contributed by atoms with Crippen LogP contribution in [-0.2, 0) is 24.0 Å². The Morgan fingerprint density at radius 1 is 0.815 bits per heavy atom. The molecule has 0 aromatic rings. The summed E-state index contributed by atoms with van der Waals surface area (Å²) in [5, 5.41) is 33.1. The number of nitrogens with one attached hydrogen (secondary N) is 3. The van der Waals surface area contributed by atoms with E-state index < -0.39 is 66.9 Å². The normalized spacial score (nSPS) is 15.0. The lowest BCUT2D eigenvalue weighted by molar-refractivity contribution is -0.141. The molecule has 0 heterocycles. The van der Waals surface area contributed by atoms with Gasteiger partial charge in [-0.15, -0.1) is 0 Å². The van der Waals surface area contributed by atoms with Gasteiger partial charge in [-0.1, -0.05) is 0 Å². The first-order valence-corrected chi connectivity index (χ1v) is 8.77. The number of aliphatic carboxylic acids is 2. The van der Waals surface area contributed by atoms with Crippen LogP contribution in [0.5, 0.6) is 0 Å². The van der Waals surface area contributed by atoms with E-state index in [9.17, 15) is 29.1 Å². The van der Waals surface area contributed by atoms with Gasteiger partial charge in [0.05, 0.1) is 19.1 Å². The zero-order valence-corrected chi connectivity index (χ0v) is 15.8. The number of carbonyl (C=O) groups is 5. The minimum atomic E-state index is -1.49. The second-order valence-corrected chi connectivity index (χ2v) is 6.00. The molecule has 0 saturated heterocycles. The van der Waals surface area contributed by atoms with E-state index in [1.54, 1.807) is 0 Å². The molecule has 0 bridgehead atoms. The molecule has 0 aliphatic carbocycles. The van der Waals surface area contributed by atoms with Crippen LogP contribution in [0.3, 0.4) is 0 Å². The molecule has 0 aliphatic rings. The van der Waals surface area contributed by atoms with Crippen molar-refractivity contribution in [2.45, 2.75) is 30.6 Å². The molecule has 4 unspecified atom stereocenters. The quantitative estimate of drug-likeness (QED) is 0.140. The van der Waals surface area contributed by atoms with Crippen LogP contribution in [0.1, 0.15) is 6.42 Å². The minimum Gasteiger partial charge on any atom is -0.481 e. The number of aliphatic hydroxyl groups is 1. The summed E-state index contributed by atoms with van der Waals surface area (Å²) in [7, 11) is 0. The number of carboxylic acid groups (broad SMARTS) is 2. The van der Waals surface area contributed by atoms with E-state index in [0.717, 1.165) is 0 Å². The largest absolute Gasteiger partial charge is 0.481 e. The summed E-state index contributed by atoms with van der Waals surface area (Å²) in [6.45, 7) is -0.845. The van der Waals surface area contributed by atoms with Gasteiger partial charge >= 0.3 is 11.9 Å². The molecule has 154 valence electrons. The number of carbonyl (C=O) groups excluding carboxylic acids is 3. The molecule has 0 aliphatic heterocycles. The van der Waals surface area contributed by atoms with Gasteiger partial charge in [-0.3, -0.25) is 19.2 Å². The molecule has 0 radical (unpaired) electrons. The Bertz CT molecular complexity index is 577. The molecule has 12 nitrogen and oxygen atoms in total. The number of amides is 3. The predicted octanol–water partition coefficient (Wildman–Crippen LogP) is -3.82. The Kier molecular flexibility index (Phi) is 11.4. The number of nitrogens with two attached hydrogens (primary N) is 1. The molecule has 0 aromatic carbocycles. The van der Waals surface area contributed by atoms with Crippen LogP contribution in [0.2, 0.25) is 0 Å². The van der Waals surface area contributed by atoms with Gasteiger partial charge in [0.2, 0.25) is 17.7 Å². The molecular formula is C13H22N4O8S2. The fourth-order valence-electron chi connectivity index (χ4n) is 1.68. The van der Waals surface area contributed by atoms with Gasteiger partial charge in [0, 0.05) is 11.5 Å². The molecule has 0 fully saturated rings. The Labute approximate surface area is 165 Å². The van der Waals surface area contributed by atoms with E-state index in [4.69, 9.17) is 15.9 Å². The van der Waals surface area contributed by atoms with Gasteiger partial charge < -0.3 is 37.0 Å². The van der Waals surface area contributed by atoms with E-state index >= 15 is 0 Å². The van der Waals surface area contributed by atoms with Gasteiger partial charge in [-0.25, -0.2) is 4.79 Å². The molecule has 0 saturated carbocycles. The van der Waals surface area contributed by atoms with Crippen LogP contribution >= 0.6 is 25.3 Å². The first-order valence-electron chi connectivity index (χ1n) is 7.51. The number of rotatable bonds is 12. The van der Waals surface area contributed by atoms with Crippen LogP contribution in [-0.4, -0.2) is 87.3 Å².